The van der Waals surface area contributed by atoms with Crippen molar-refractivity contribution in [1.82, 2.24) is 14.8 Å². The highest BCUT2D eigenvalue weighted by atomic mass is 32.1. The molecule has 0 fully saturated rings. The molecule has 5 rings (SSSR count). The van der Waals surface area contributed by atoms with Gasteiger partial charge in [-0.05, 0) is 36.4 Å². The molecule has 0 saturated carbocycles. The van der Waals surface area contributed by atoms with Crippen molar-refractivity contribution in [3.63, 3.8) is 0 Å². The van der Waals surface area contributed by atoms with E-state index in [0.29, 0.717) is 33.3 Å². The number of carbonyl (C=O) groups excluding carboxylic acids is 1. The number of thiazole rings is 1. The van der Waals surface area contributed by atoms with E-state index in [2.05, 4.69) is 20.3 Å². The van der Waals surface area contributed by atoms with E-state index < -0.39 is 16.4 Å². The first kappa shape index (κ1) is 23.5. The molecule has 11 nitrogen and oxygen atoms in total. The Hall–Kier alpha value is -5.23. The van der Waals surface area contributed by atoms with Gasteiger partial charge in [0.05, 0.1) is 22.0 Å². The zero-order valence-corrected chi connectivity index (χ0v) is 19.8. The summed E-state index contributed by atoms with van der Waals surface area (Å²) < 4.78 is 1.26. The lowest BCUT2D eigenvalue weighted by Crippen LogP contribution is -2.13. The maximum absolute atomic E-state index is 13.4. The molecule has 0 atom stereocenters. The summed E-state index contributed by atoms with van der Waals surface area (Å²) in [6.45, 7) is 0. The van der Waals surface area contributed by atoms with Crippen molar-refractivity contribution in [1.29, 1.82) is 0 Å². The number of aromatic nitrogens is 3. The van der Waals surface area contributed by atoms with E-state index >= 15 is 0 Å². The summed E-state index contributed by atoms with van der Waals surface area (Å²) in [5.74, 6) is -0.573. The standard InChI is InChI=1S/C25H17N7O4S/c26-23(33)17-6-10-18(11-7-17)28-29-22-21(16-8-12-19(13-9-16)32(35)36)30-31(24(22)34)25-27-20(14-37-25)15-4-2-1-3-5-15/h1-14,30H,(H2,26,33). The molecule has 37 heavy (non-hydrogen) atoms. The van der Waals surface area contributed by atoms with E-state index in [1.807, 2.05) is 35.7 Å². The minimum atomic E-state index is -0.573. The Balaban J connectivity index is 1.58. The molecular weight excluding hydrogens is 494 g/mol. The number of nitro groups is 1. The molecule has 2 aromatic heterocycles. The van der Waals surface area contributed by atoms with Gasteiger partial charge in [0.1, 0.15) is 0 Å². The molecule has 3 aromatic carbocycles. The third kappa shape index (κ3) is 4.81. The van der Waals surface area contributed by atoms with Gasteiger partial charge in [0.2, 0.25) is 11.0 Å². The van der Waals surface area contributed by atoms with Crippen molar-refractivity contribution in [3.05, 3.63) is 110 Å². The van der Waals surface area contributed by atoms with Crippen molar-refractivity contribution in [2.45, 2.75) is 0 Å². The predicted molar refractivity (Wildman–Crippen MR) is 139 cm³/mol. The molecule has 5 aromatic rings. The molecule has 0 unspecified atom stereocenters. The molecule has 3 N–H and O–H groups in total. The Morgan fingerprint density at radius 3 is 2.32 bits per heavy atom. The molecule has 182 valence electrons. The van der Waals surface area contributed by atoms with Crippen LogP contribution in [0.1, 0.15) is 10.4 Å². The number of nitrogens with zero attached hydrogens (tertiary/aromatic N) is 5. The number of nitrogens with two attached hydrogens (primary N) is 1. The van der Waals surface area contributed by atoms with Gasteiger partial charge >= 0.3 is 5.56 Å². The van der Waals surface area contributed by atoms with Crippen molar-refractivity contribution < 1.29 is 9.72 Å². The molecule has 0 spiro atoms. The minimum Gasteiger partial charge on any atom is -0.366 e. The lowest BCUT2D eigenvalue weighted by Gasteiger charge is -2.00. The smallest absolute Gasteiger partial charge is 0.301 e. The van der Waals surface area contributed by atoms with E-state index in [1.54, 1.807) is 12.1 Å². The van der Waals surface area contributed by atoms with Gasteiger partial charge in [0.25, 0.3) is 5.69 Å². The Morgan fingerprint density at radius 1 is 0.973 bits per heavy atom. The summed E-state index contributed by atoms with van der Waals surface area (Å²) in [5.41, 5.74) is 7.80. The van der Waals surface area contributed by atoms with Crippen molar-refractivity contribution in [2.24, 2.45) is 16.0 Å². The van der Waals surface area contributed by atoms with Crippen LogP contribution in [-0.4, -0.2) is 25.6 Å². The quantitative estimate of drug-likeness (QED) is 0.170. The highest BCUT2D eigenvalue weighted by molar-refractivity contribution is 7.12. The number of nitro benzene ring substituents is 1. The van der Waals surface area contributed by atoms with Crippen LogP contribution in [0.25, 0.3) is 27.6 Å². The number of benzene rings is 3. The van der Waals surface area contributed by atoms with Crippen LogP contribution in [0.3, 0.4) is 0 Å². The number of nitrogens with one attached hydrogen (secondary N) is 1. The average molecular weight is 512 g/mol. The monoisotopic (exact) mass is 511 g/mol. The molecule has 2 heterocycles. The highest BCUT2D eigenvalue weighted by Gasteiger charge is 2.20. The van der Waals surface area contributed by atoms with Crippen LogP contribution in [0.4, 0.5) is 17.1 Å². The number of H-pyrrole nitrogens is 1. The normalized spacial score (nSPS) is 11.1. The maximum Gasteiger partial charge on any atom is 0.301 e. The lowest BCUT2D eigenvalue weighted by atomic mass is 10.1. The van der Waals surface area contributed by atoms with Gasteiger partial charge in [0, 0.05) is 34.2 Å². The summed E-state index contributed by atoms with van der Waals surface area (Å²) in [5, 5.41) is 24.7. The van der Waals surface area contributed by atoms with Crippen LogP contribution < -0.4 is 11.3 Å². The van der Waals surface area contributed by atoms with E-state index in [9.17, 15) is 19.7 Å². The number of carbonyl (C=O) groups is 1. The van der Waals surface area contributed by atoms with Crippen LogP contribution in [0.2, 0.25) is 0 Å². The molecule has 0 aliphatic carbocycles. The van der Waals surface area contributed by atoms with Gasteiger partial charge in [-0.15, -0.1) is 16.5 Å². The van der Waals surface area contributed by atoms with Crippen molar-refractivity contribution >= 4 is 34.3 Å². The summed E-state index contributed by atoms with van der Waals surface area (Å²) >= 11 is 1.27. The number of hydrogen-bond donors (Lipinski definition) is 2. The second-order valence-electron chi connectivity index (χ2n) is 7.77. The average Bonchev–Trinajstić information content (AvgIpc) is 3.53. The number of rotatable bonds is 7. The topological polar surface area (TPSA) is 162 Å². The number of aromatic amines is 1. The van der Waals surface area contributed by atoms with Crippen LogP contribution in [0.5, 0.6) is 0 Å². The number of primary amides is 1. The summed E-state index contributed by atoms with van der Waals surface area (Å²) in [7, 11) is 0. The fourth-order valence-electron chi connectivity index (χ4n) is 3.52. The second kappa shape index (κ2) is 9.79. The molecule has 0 aliphatic heterocycles. The first-order valence-electron chi connectivity index (χ1n) is 10.8. The summed E-state index contributed by atoms with van der Waals surface area (Å²) in [6, 6.07) is 21.4. The van der Waals surface area contributed by atoms with E-state index in [0.717, 1.165) is 5.56 Å². The maximum atomic E-state index is 13.4. The number of non-ortho nitro benzene ring substituents is 1. The van der Waals surface area contributed by atoms with Crippen LogP contribution >= 0.6 is 11.3 Å². The molecule has 0 bridgehead atoms. The molecule has 0 radical (unpaired) electrons. The molecule has 12 heteroatoms. The fraction of sp³-hybridized carbons (Fsp3) is 0. The third-order valence-corrected chi connectivity index (χ3v) is 6.23. The molecule has 0 saturated heterocycles. The largest absolute Gasteiger partial charge is 0.366 e. The van der Waals surface area contributed by atoms with Gasteiger partial charge in [-0.3, -0.25) is 24.8 Å². The van der Waals surface area contributed by atoms with Gasteiger partial charge in [0.15, 0.2) is 5.69 Å². The third-order valence-electron chi connectivity index (χ3n) is 5.40. The Morgan fingerprint density at radius 2 is 1.68 bits per heavy atom. The second-order valence-corrected chi connectivity index (χ2v) is 8.61. The number of azo groups is 1. The van der Waals surface area contributed by atoms with Crippen molar-refractivity contribution in [2.75, 3.05) is 0 Å². The van der Waals surface area contributed by atoms with Crippen LogP contribution in [0, 0.1) is 10.1 Å². The first-order chi connectivity index (χ1) is 17.9. The molecule has 0 aliphatic rings. The summed E-state index contributed by atoms with van der Waals surface area (Å²) in [4.78, 5) is 39.9. The minimum absolute atomic E-state index is 0.00991. The number of amides is 1. The van der Waals surface area contributed by atoms with E-state index in [4.69, 9.17) is 5.73 Å². The Labute approximate surface area is 212 Å². The van der Waals surface area contributed by atoms with Crippen LogP contribution in [0.15, 0.2) is 99.3 Å². The fourth-order valence-corrected chi connectivity index (χ4v) is 4.31. The van der Waals surface area contributed by atoms with Gasteiger partial charge < -0.3 is 5.73 Å². The van der Waals surface area contributed by atoms with Crippen LogP contribution in [-0.2, 0) is 0 Å². The molecular formula is C25H17N7O4S. The van der Waals surface area contributed by atoms with E-state index in [1.165, 1.54) is 52.4 Å². The first-order valence-corrected chi connectivity index (χ1v) is 11.7. The predicted octanol–water partition coefficient (Wildman–Crippen LogP) is 5.38. The van der Waals surface area contributed by atoms with E-state index in [-0.39, 0.29) is 11.4 Å². The van der Waals surface area contributed by atoms with Gasteiger partial charge in [-0.2, -0.15) is 9.80 Å². The zero-order chi connectivity index (χ0) is 25.9. The lowest BCUT2D eigenvalue weighted by molar-refractivity contribution is -0.384. The zero-order valence-electron chi connectivity index (χ0n) is 18.9. The Bertz CT molecular complexity index is 1690. The Kier molecular flexibility index (Phi) is 6.22. The van der Waals surface area contributed by atoms with Crippen molar-refractivity contribution in [3.8, 4) is 27.6 Å². The van der Waals surface area contributed by atoms with Gasteiger partial charge in [-0.25, -0.2) is 4.98 Å². The summed E-state index contributed by atoms with van der Waals surface area (Å²) in [6.07, 6.45) is 0. The molecule has 1 amide bonds. The van der Waals surface area contributed by atoms with Gasteiger partial charge in [-0.1, -0.05) is 30.3 Å². The number of hydrogen-bond acceptors (Lipinski definition) is 8. The highest BCUT2D eigenvalue weighted by Crippen LogP contribution is 2.31. The SMILES string of the molecule is NC(=O)c1ccc(N=Nc2c(-c3ccc([N+](=O)[O-])cc3)[nH]n(-c3nc(-c4ccccc4)cs3)c2=O)cc1.